The Hall–Kier alpha value is -3.60. The topological polar surface area (TPSA) is 58.6 Å². The molecule has 0 aromatic heterocycles. The summed E-state index contributed by atoms with van der Waals surface area (Å²) in [5.74, 6) is 0.529. The third-order valence-electron chi connectivity index (χ3n) is 6.42. The number of nitrogens with zero attached hydrogens (tertiary/aromatic N) is 1. The minimum absolute atomic E-state index is 0.0210. The molecule has 1 aliphatic rings. The van der Waals surface area contributed by atoms with Crippen molar-refractivity contribution in [3.63, 3.8) is 0 Å². The highest BCUT2D eigenvalue weighted by molar-refractivity contribution is 6.00. The van der Waals surface area contributed by atoms with Gasteiger partial charge in [-0.2, -0.15) is 0 Å². The summed E-state index contributed by atoms with van der Waals surface area (Å²) < 4.78 is 5.90. The molecule has 1 atom stereocenters. The summed E-state index contributed by atoms with van der Waals surface area (Å²) in [5, 5.41) is 3.11. The van der Waals surface area contributed by atoms with E-state index in [4.69, 9.17) is 4.74 Å². The number of carbonyl (C=O) groups is 2. The first kappa shape index (κ1) is 23.6. The molecule has 0 bridgehead atoms. The van der Waals surface area contributed by atoms with Gasteiger partial charge in [-0.3, -0.25) is 9.59 Å². The maximum atomic E-state index is 13.5. The molecule has 5 nitrogen and oxygen atoms in total. The summed E-state index contributed by atoms with van der Waals surface area (Å²) in [6.07, 6.45) is 1.01. The van der Waals surface area contributed by atoms with Crippen molar-refractivity contribution in [2.75, 3.05) is 6.54 Å². The van der Waals surface area contributed by atoms with Crippen LogP contribution in [0.5, 0.6) is 5.75 Å². The number of ether oxygens (including phenoxy) is 1. The second kappa shape index (κ2) is 10.1. The molecule has 1 aliphatic heterocycles. The minimum Gasteiger partial charge on any atom is -0.489 e. The molecule has 1 saturated heterocycles. The summed E-state index contributed by atoms with van der Waals surface area (Å²) in [5.41, 5.74) is 2.78. The summed E-state index contributed by atoms with van der Waals surface area (Å²) in [7, 11) is 0. The van der Waals surface area contributed by atoms with Gasteiger partial charge < -0.3 is 15.0 Å². The van der Waals surface area contributed by atoms with Crippen LogP contribution in [0.4, 0.5) is 0 Å². The fourth-order valence-corrected chi connectivity index (χ4v) is 4.40. The molecule has 176 valence electrons. The Morgan fingerprint density at radius 1 is 0.971 bits per heavy atom. The Labute approximate surface area is 201 Å². The lowest BCUT2D eigenvalue weighted by Gasteiger charge is -2.30. The standard InChI is InChI=1S/C29H32N2O3/c1-21(2)31-18-17-29(28(31)33,30-27(32)25-13-9-22(3)10-14-25)19-23-11-15-26(16-12-23)34-20-24-7-5-4-6-8-24/h4-16,21H,17-20H2,1-3H3,(H,30,32). The van der Waals surface area contributed by atoms with Crippen LogP contribution in [-0.2, 0) is 17.8 Å². The van der Waals surface area contributed by atoms with Crippen LogP contribution in [0.25, 0.3) is 0 Å². The summed E-state index contributed by atoms with van der Waals surface area (Å²) in [4.78, 5) is 28.5. The van der Waals surface area contributed by atoms with Crippen molar-refractivity contribution in [1.82, 2.24) is 10.2 Å². The minimum atomic E-state index is -0.960. The fourth-order valence-electron chi connectivity index (χ4n) is 4.40. The van der Waals surface area contributed by atoms with Crippen LogP contribution < -0.4 is 10.1 Å². The molecule has 0 saturated carbocycles. The average Bonchev–Trinajstić information content (AvgIpc) is 3.15. The molecule has 34 heavy (non-hydrogen) atoms. The zero-order chi connectivity index (χ0) is 24.1. The molecule has 1 fully saturated rings. The summed E-state index contributed by atoms with van der Waals surface area (Å²) in [6, 6.07) is 25.3. The lowest BCUT2D eigenvalue weighted by atomic mass is 9.88. The van der Waals surface area contributed by atoms with E-state index in [0.29, 0.717) is 31.6 Å². The predicted octanol–water partition coefficient (Wildman–Crippen LogP) is 4.93. The van der Waals surface area contributed by atoms with Crippen molar-refractivity contribution in [3.8, 4) is 5.75 Å². The SMILES string of the molecule is Cc1ccc(C(=O)NC2(Cc3ccc(OCc4ccccc4)cc3)CCN(C(C)C)C2=O)cc1. The highest BCUT2D eigenvalue weighted by Crippen LogP contribution is 2.30. The van der Waals surface area contributed by atoms with E-state index in [-0.39, 0.29) is 17.9 Å². The van der Waals surface area contributed by atoms with Crippen LogP contribution >= 0.6 is 0 Å². The quantitative estimate of drug-likeness (QED) is 0.523. The van der Waals surface area contributed by atoms with Crippen LogP contribution in [0, 0.1) is 6.92 Å². The van der Waals surface area contributed by atoms with Crippen molar-refractivity contribution < 1.29 is 14.3 Å². The number of carbonyl (C=O) groups excluding carboxylic acids is 2. The van der Waals surface area contributed by atoms with Gasteiger partial charge in [-0.25, -0.2) is 0 Å². The third-order valence-corrected chi connectivity index (χ3v) is 6.42. The van der Waals surface area contributed by atoms with Gasteiger partial charge in [-0.1, -0.05) is 60.2 Å². The van der Waals surface area contributed by atoms with E-state index in [1.807, 2.05) is 92.4 Å². The molecule has 0 spiro atoms. The van der Waals surface area contributed by atoms with E-state index in [1.165, 1.54) is 0 Å². The van der Waals surface area contributed by atoms with E-state index in [9.17, 15) is 9.59 Å². The maximum Gasteiger partial charge on any atom is 0.252 e. The molecule has 1 heterocycles. The average molecular weight is 457 g/mol. The van der Waals surface area contributed by atoms with Crippen molar-refractivity contribution in [1.29, 1.82) is 0 Å². The Bertz CT molecular complexity index is 1120. The molecule has 2 amide bonds. The normalized spacial score (nSPS) is 17.8. The van der Waals surface area contributed by atoms with Crippen molar-refractivity contribution in [3.05, 3.63) is 101 Å². The van der Waals surface area contributed by atoms with Gasteiger partial charge in [0.1, 0.15) is 17.9 Å². The molecule has 4 rings (SSSR count). The van der Waals surface area contributed by atoms with E-state index in [1.54, 1.807) is 12.1 Å². The molecule has 1 N–H and O–H groups in total. The fraction of sp³-hybridized carbons (Fsp3) is 0.310. The highest BCUT2D eigenvalue weighted by Gasteiger charge is 2.48. The van der Waals surface area contributed by atoms with E-state index < -0.39 is 5.54 Å². The molecule has 3 aromatic rings. The maximum absolute atomic E-state index is 13.5. The number of rotatable bonds is 8. The van der Waals surface area contributed by atoms with Crippen LogP contribution in [0.15, 0.2) is 78.9 Å². The number of hydrogen-bond donors (Lipinski definition) is 1. The molecule has 1 unspecified atom stereocenters. The Morgan fingerprint density at radius 2 is 1.65 bits per heavy atom. The largest absolute Gasteiger partial charge is 0.489 e. The Kier molecular flexibility index (Phi) is 7.01. The lowest BCUT2D eigenvalue weighted by molar-refractivity contribution is -0.134. The number of hydrogen-bond acceptors (Lipinski definition) is 3. The zero-order valence-corrected chi connectivity index (χ0v) is 20.1. The first-order chi connectivity index (χ1) is 16.4. The number of amides is 2. The summed E-state index contributed by atoms with van der Waals surface area (Å²) in [6.45, 7) is 7.13. The molecule has 3 aromatic carbocycles. The molecule has 0 aliphatic carbocycles. The number of benzene rings is 3. The van der Waals surface area contributed by atoms with Gasteiger partial charge >= 0.3 is 0 Å². The van der Waals surface area contributed by atoms with Crippen LogP contribution in [0.1, 0.15) is 47.3 Å². The van der Waals surface area contributed by atoms with E-state index in [2.05, 4.69) is 5.32 Å². The monoisotopic (exact) mass is 456 g/mol. The zero-order valence-electron chi connectivity index (χ0n) is 20.1. The van der Waals surface area contributed by atoms with E-state index in [0.717, 1.165) is 22.4 Å². The van der Waals surface area contributed by atoms with Gasteiger partial charge in [0, 0.05) is 24.6 Å². The molecule has 0 radical (unpaired) electrons. The smallest absolute Gasteiger partial charge is 0.252 e. The van der Waals surface area contributed by atoms with Crippen LogP contribution in [0.2, 0.25) is 0 Å². The lowest BCUT2D eigenvalue weighted by Crippen LogP contribution is -2.56. The van der Waals surface area contributed by atoms with Gasteiger partial charge in [-0.05, 0) is 62.6 Å². The number of likely N-dealkylation sites (tertiary alicyclic amines) is 1. The van der Waals surface area contributed by atoms with Crippen LogP contribution in [-0.4, -0.2) is 34.8 Å². The van der Waals surface area contributed by atoms with Gasteiger partial charge in [0.05, 0.1) is 0 Å². The Morgan fingerprint density at radius 3 is 2.26 bits per heavy atom. The second-order valence-electron chi connectivity index (χ2n) is 9.34. The van der Waals surface area contributed by atoms with Gasteiger partial charge in [0.25, 0.3) is 5.91 Å². The van der Waals surface area contributed by atoms with Crippen molar-refractivity contribution in [2.24, 2.45) is 0 Å². The second-order valence-corrected chi connectivity index (χ2v) is 9.34. The molecule has 5 heteroatoms. The van der Waals surface area contributed by atoms with Gasteiger partial charge in [-0.15, -0.1) is 0 Å². The summed E-state index contributed by atoms with van der Waals surface area (Å²) >= 11 is 0. The molecular formula is C29H32N2O3. The van der Waals surface area contributed by atoms with Gasteiger partial charge in [0.2, 0.25) is 5.91 Å². The Balaban J connectivity index is 1.51. The first-order valence-electron chi connectivity index (χ1n) is 11.8. The van der Waals surface area contributed by atoms with Gasteiger partial charge in [0.15, 0.2) is 0 Å². The predicted molar refractivity (Wildman–Crippen MR) is 134 cm³/mol. The molecular weight excluding hydrogens is 424 g/mol. The highest BCUT2D eigenvalue weighted by atomic mass is 16.5. The third kappa shape index (κ3) is 5.30. The van der Waals surface area contributed by atoms with E-state index >= 15 is 0 Å². The number of nitrogens with one attached hydrogen (secondary N) is 1. The van der Waals surface area contributed by atoms with Crippen LogP contribution in [0.3, 0.4) is 0 Å². The van der Waals surface area contributed by atoms with Crippen molar-refractivity contribution >= 4 is 11.8 Å². The number of aryl methyl sites for hydroxylation is 1. The van der Waals surface area contributed by atoms with Crippen molar-refractivity contribution in [2.45, 2.75) is 51.8 Å². The first-order valence-corrected chi connectivity index (χ1v) is 11.8.